The quantitative estimate of drug-likeness (QED) is 0.0821. The van der Waals surface area contributed by atoms with Crippen LogP contribution < -0.4 is 10.6 Å². The molecule has 51 heavy (non-hydrogen) atoms. The number of pyridine rings is 1. The first-order chi connectivity index (χ1) is 25.0. The number of carbonyl (C=O) groups excluding carboxylic acids is 2. The Morgan fingerprint density at radius 1 is 0.686 bits per heavy atom. The van der Waals surface area contributed by atoms with E-state index in [2.05, 4.69) is 107 Å². The van der Waals surface area contributed by atoms with Gasteiger partial charge in [0.15, 0.2) is 5.82 Å². The standard InChI is InChI=1S/C41H40N8O2/c1-3-7-30(4-2)31-14-10-28(11-15-31)8-6-19-45-41(51)36-25-47-39(48-26-36)37-21-33-20-34(24-46-38(33)49-37)32-16-12-29(13-17-32)9-5-18-44-40(50)35-22-42-27-43-23-35/h3-4,7,10-17,20-27H,5-6,8-9,18-19H2,1-2H3,(H,44,50)(H,45,51)(H,46,49)/b7-3-,30-4+. The lowest BCUT2D eigenvalue weighted by molar-refractivity contribution is 0.0944. The Balaban J connectivity index is 0.979. The summed E-state index contributed by atoms with van der Waals surface area (Å²) in [4.78, 5) is 49.5. The van der Waals surface area contributed by atoms with Crippen LogP contribution in [0.3, 0.4) is 0 Å². The Bertz CT molecular complexity index is 2140. The second kappa shape index (κ2) is 16.9. The molecule has 0 unspecified atom stereocenters. The summed E-state index contributed by atoms with van der Waals surface area (Å²) in [7, 11) is 0. The molecule has 0 fully saturated rings. The lowest BCUT2D eigenvalue weighted by Crippen LogP contribution is -2.25. The Morgan fingerprint density at radius 2 is 1.29 bits per heavy atom. The molecule has 0 aliphatic carbocycles. The van der Waals surface area contributed by atoms with Crippen molar-refractivity contribution in [3.63, 3.8) is 0 Å². The predicted molar refractivity (Wildman–Crippen MR) is 201 cm³/mol. The van der Waals surface area contributed by atoms with Crippen molar-refractivity contribution >= 4 is 28.4 Å². The van der Waals surface area contributed by atoms with Crippen LogP contribution in [0.2, 0.25) is 0 Å². The summed E-state index contributed by atoms with van der Waals surface area (Å²) in [5.41, 5.74) is 9.20. The number of nitrogens with one attached hydrogen (secondary N) is 3. The summed E-state index contributed by atoms with van der Waals surface area (Å²) in [6, 6.07) is 21.0. The molecule has 0 radical (unpaired) electrons. The van der Waals surface area contributed by atoms with Gasteiger partial charge in [0.1, 0.15) is 12.0 Å². The van der Waals surface area contributed by atoms with Gasteiger partial charge in [-0.1, -0.05) is 66.8 Å². The van der Waals surface area contributed by atoms with Crippen molar-refractivity contribution < 1.29 is 9.59 Å². The molecular formula is C41H40N8O2. The second-order valence-electron chi connectivity index (χ2n) is 12.1. The maximum Gasteiger partial charge on any atom is 0.254 e. The third kappa shape index (κ3) is 9.04. The van der Waals surface area contributed by atoms with E-state index < -0.39 is 0 Å². The van der Waals surface area contributed by atoms with E-state index in [4.69, 9.17) is 0 Å². The number of amides is 2. The van der Waals surface area contributed by atoms with Crippen LogP contribution in [-0.4, -0.2) is 54.8 Å². The van der Waals surface area contributed by atoms with Gasteiger partial charge in [-0.3, -0.25) is 9.59 Å². The lowest BCUT2D eigenvalue weighted by Gasteiger charge is -2.07. The zero-order chi connectivity index (χ0) is 35.4. The van der Waals surface area contributed by atoms with E-state index in [0.717, 1.165) is 53.5 Å². The molecule has 6 rings (SSSR count). The van der Waals surface area contributed by atoms with E-state index >= 15 is 0 Å². The van der Waals surface area contributed by atoms with Crippen LogP contribution >= 0.6 is 0 Å². The van der Waals surface area contributed by atoms with E-state index in [1.54, 1.807) is 12.4 Å². The summed E-state index contributed by atoms with van der Waals surface area (Å²) >= 11 is 0. The van der Waals surface area contributed by atoms with Gasteiger partial charge in [0, 0.05) is 55.0 Å². The minimum Gasteiger partial charge on any atom is -0.352 e. The molecule has 0 atom stereocenters. The summed E-state index contributed by atoms with van der Waals surface area (Å²) in [5, 5.41) is 6.82. The van der Waals surface area contributed by atoms with Gasteiger partial charge in [0.25, 0.3) is 11.8 Å². The van der Waals surface area contributed by atoms with E-state index in [-0.39, 0.29) is 11.8 Å². The molecule has 0 saturated carbocycles. The minimum atomic E-state index is -0.194. The predicted octanol–water partition coefficient (Wildman–Crippen LogP) is 7.18. The minimum absolute atomic E-state index is 0.170. The number of benzene rings is 2. The SMILES string of the molecule is C/C=C\C(=C/C)c1ccc(CCCNC(=O)c2cnc(-c3cc4cc(-c5ccc(CCCNC(=O)c6cncnc6)cc5)cnc4[nH]3)nc2)cc1. The Labute approximate surface area is 297 Å². The number of hydrogen-bond acceptors (Lipinski definition) is 7. The van der Waals surface area contributed by atoms with Crippen LogP contribution in [-0.2, 0) is 12.8 Å². The fourth-order valence-corrected chi connectivity index (χ4v) is 5.75. The molecule has 4 aromatic heterocycles. The number of allylic oxidation sites excluding steroid dienone is 4. The van der Waals surface area contributed by atoms with Gasteiger partial charge in [-0.2, -0.15) is 0 Å². The number of H-pyrrole nitrogens is 1. The van der Waals surface area contributed by atoms with E-state index in [1.165, 1.54) is 41.0 Å². The number of carbonyl (C=O) groups is 2. The highest BCUT2D eigenvalue weighted by atomic mass is 16.2. The Hall–Kier alpha value is -6.29. The van der Waals surface area contributed by atoms with Crippen LogP contribution in [0, 0.1) is 0 Å². The molecule has 10 heteroatoms. The molecule has 0 spiro atoms. The molecule has 0 aliphatic heterocycles. The molecule has 0 bridgehead atoms. The number of hydrogen-bond donors (Lipinski definition) is 3. The van der Waals surface area contributed by atoms with Gasteiger partial charge < -0.3 is 15.6 Å². The average molecular weight is 677 g/mol. The van der Waals surface area contributed by atoms with Gasteiger partial charge in [0.05, 0.1) is 16.8 Å². The van der Waals surface area contributed by atoms with Gasteiger partial charge in [0.2, 0.25) is 0 Å². The maximum absolute atomic E-state index is 12.8. The molecular weight excluding hydrogens is 637 g/mol. The van der Waals surface area contributed by atoms with Gasteiger partial charge >= 0.3 is 0 Å². The first-order valence-corrected chi connectivity index (χ1v) is 17.1. The average Bonchev–Trinajstić information content (AvgIpc) is 3.62. The van der Waals surface area contributed by atoms with Crippen LogP contribution in [0.1, 0.15) is 64.1 Å². The highest BCUT2D eigenvalue weighted by Gasteiger charge is 2.12. The molecule has 10 nitrogen and oxygen atoms in total. The maximum atomic E-state index is 12.8. The molecule has 4 heterocycles. The number of aromatic nitrogens is 6. The fourth-order valence-electron chi connectivity index (χ4n) is 5.75. The molecule has 3 N–H and O–H groups in total. The number of aromatic amines is 1. The van der Waals surface area contributed by atoms with E-state index in [1.807, 2.05) is 32.2 Å². The van der Waals surface area contributed by atoms with Crippen LogP contribution in [0.25, 0.3) is 39.3 Å². The zero-order valence-corrected chi connectivity index (χ0v) is 28.8. The number of fused-ring (bicyclic) bond motifs is 1. The molecule has 2 amide bonds. The van der Waals surface area contributed by atoms with Crippen LogP contribution in [0.5, 0.6) is 0 Å². The third-order valence-corrected chi connectivity index (χ3v) is 8.54. The summed E-state index contributed by atoms with van der Waals surface area (Å²) in [6.07, 6.45) is 19.0. The summed E-state index contributed by atoms with van der Waals surface area (Å²) in [5.74, 6) is 0.125. The van der Waals surface area contributed by atoms with Crippen LogP contribution in [0.15, 0.2) is 116 Å². The fraction of sp³-hybridized carbons (Fsp3) is 0.195. The van der Waals surface area contributed by atoms with Crippen molar-refractivity contribution in [1.82, 2.24) is 40.5 Å². The smallest absolute Gasteiger partial charge is 0.254 e. The van der Waals surface area contributed by atoms with Crippen molar-refractivity contribution in [2.45, 2.75) is 39.5 Å². The lowest BCUT2D eigenvalue weighted by atomic mass is 10.0. The van der Waals surface area contributed by atoms with Crippen LogP contribution in [0.4, 0.5) is 0 Å². The van der Waals surface area contributed by atoms with E-state index in [9.17, 15) is 9.59 Å². The molecule has 6 aromatic rings. The van der Waals surface area contributed by atoms with Gasteiger partial charge in [-0.25, -0.2) is 24.9 Å². The van der Waals surface area contributed by atoms with Gasteiger partial charge in [-0.15, -0.1) is 0 Å². The highest BCUT2D eigenvalue weighted by molar-refractivity contribution is 5.94. The van der Waals surface area contributed by atoms with Gasteiger partial charge in [-0.05, 0) is 79.5 Å². The highest BCUT2D eigenvalue weighted by Crippen LogP contribution is 2.26. The number of rotatable bonds is 14. The van der Waals surface area contributed by atoms with Crippen molar-refractivity contribution in [3.8, 4) is 22.6 Å². The second-order valence-corrected chi connectivity index (χ2v) is 12.1. The Kier molecular flexibility index (Phi) is 11.4. The monoisotopic (exact) mass is 676 g/mol. The Morgan fingerprint density at radius 3 is 1.90 bits per heavy atom. The van der Waals surface area contributed by atoms with Crippen molar-refractivity contribution in [2.75, 3.05) is 13.1 Å². The largest absolute Gasteiger partial charge is 0.352 e. The summed E-state index contributed by atoms with van der Waals surface area (Å²) < 4.78 is 0. The first kappa shape index (κ1) is 34.6. The molecule has 0 aliphatic rings. The van der Waals surface area contributed by atoms with Crippen molar-refractivity contribution in [3.05, 3.63) is 144 Å². The van der Waals surface area contributed by atoms with E-state index in [0.29, 0.717) is 30.0 Å². The molecule has 0 saturated heterocycles. The van der Waals surface area contributed by atoms with Crippen molar-refractivity contribution in [2.24, 2.45) is 0 Å². The van der Waals surface area contributed by atoms with Crippen molar-refractivity contribution in [1.29, 1.82) is 0 Å². The number of nitrogens with zero attached hydrogens (tertiary/aromatic N) is 5. The third-order valence-electron chi connectivity index (χ3n) is 8.54. The first-order valence-electron chi connectivity index (χ1n) is 17.1. The normalized spacial score (nSPS) is 11.6. The molecule has 256 valence electrons. The zero-order valence-electron chi connectivity index (χ0n) is 28.8. The number of aryl methyl sites for hydroxylation is 2. The summed E-state index contributed by atoms with van der Waals surface area (Å²) in [6.45, 7) is 5.19. The topological polar surface area (TPSA) is 138 Å². The molecule has 2 aromatic carbocycles.